The first-order valence-electron chi connectivity index (χ1n) is 5.29. The summed E-state index contributed by atoms with van der Waals surface area (Å²) in [5, 5.41) is 12.6. The summed E-state index contributed by atoms with van der Waals surface area (Å²) >= 11 is 0. The molecule has 6 heteroatoms. The SMILES string of the molecule is Cn1cc(-c2cc(N)cc(OCC(=O)O)c2)cn1. The number of ether oxygens (including phenoxy) is 1. The molecule has 2 rings (SSSR count). The lowest BCUT2D eigenvalue weighted by molar-refractivity contribution is -0.139. The highest BCUT2D eigenvalue weighted by Gasteiger charge is 2.06. The van der Waals surface area contributed by atoms with Gasteiger partial charge in [0, 0.05) is 30.6 Å². The van der Waals surface area contributed by atoms with Crippen molar-refractivity contribution in [2.45, 2.75) is 0 Å². The lowest BCUT2D eigenvalue weighted by Gasteiger charge is -2.07. The van der Waals surface area contributed by atoms with Gasteiger partial charge in [-0.3, -0.25) is 4.68 Å². The number of hydrogen-bond donors (Lipinski definition) is 2. The highest BCUT2D eigenvalue weighted by Crippen LogP contribution is 2.26. The number of aryl methyl sites for hydroxylation is 1. The second-order valence-corrected chi connectivity index (χ2v) is 3.88. The normalized spacial score (nSPS) is 10.3. The number of hydrogen-bond acceptors (Lipinski definition) is 4. The number of carbonyl (C=O) groups is 1. The van der Waals surface area contributed by atoms with Gasteiger partial charge >= 0.3 is 5.97 Å². The molecular weight excluding hydrogens is 234 g/mol. The van der Waals surface area contributed by atoms with Crippen molar-refractivity contribution in [3.63, 3.8) is 0 Å². The molecule has 18 heavy (non-hydrogen) atoms. The van der Waals surface area contributed by atoms with Crippen molar-refractivity contribution < 1.29 is 14.6 Å². The number of nitrogens with two attached hydrogens (primary N) is 1. The number of aliphatic carboxylic acids is 1. The molecule has 0 unspecified atom stereocenters. The molecule has 0 fully saturated rings. The minimum absolute atomic E-state index is 0.393. The summed E-state index contributed by atoms with van der Waals surface area (Å²) in [6.45, 7) is -0.393. The summed E-state index contributed by atoms with van der Waals surface area (Å²) < 4.78 is 6.79. The predicted octanol–water partition coefficient (Wildman–Crippen LogP) is 1.13. The van der Waals surface area contributed by atoms with Crippen LogP contribution in [0.5, 0.6) is 5.75 Å². The molecule has 0 amide bonds. The number of rotatable bonds is 4. The minimum Gasteiger partial charge on any atom is -0.482 e. The van der Waals surface area contributed by atoms with Gasteiger partial charge in [-0.1, -0.05) is 0 Å². The lowest BCUT2D eigenvalue weighted by atomic mass is 10.1. The van der Waals surface area contributed by atoms with Gasteiger partial charge in [-0.25, -0.2) is 4.79 Å². The maximum atomic E-state index is 10.4. The van der Waals surface area contributed by atoms with Crippen molar-refractivity contribution in [2.75, 3.05) is 12.3 Å². The number of carboxylic acid groups (broad SMARTS) is 1. The van der Waals surface area contributed by atoms with Crippen LogP contribution in [0.1, 0.15) is 0 Å². The molecule has 0 aliphatic carbocycles. The van der Waals surface area contributed by atoms with Crippen LogP contribution < -0.4 is 10.5 Å². The maximum absolute atomic E-state index is 10.4. The molecule has 2 aromatic rings. The van der Waals surface area contributed by atoms with Gasteiger partial charge in [-0.05, 0) is 17.7 Å². The second kappa shape index (κ2) is 4.79. The third-order valence-corrected chi connectivity index (χ3v) is 2.33. The summed E-state index contributed by atoms with van der Waals surface area (Å²) in [6.07, 6.45) is 3.55. The van der Waals surface area contributed by atoms with Gasteiger partial charge in [-0.2, -0.15) is 5.10 Å². The first kappa shape index (κ1) is 12.0. The van der Waals surface area contributed by atoms with Crippen LogP contribution in [-0.2, 0) is 11.8 Å². The molecule has 1 aromatic carbocycles. The average Bonchev–Trinajstić information content (AvgIpc) is 2.72. The van der Waals surface area contributed by atoms with E-state index in [0.717, 1.165) is 11.1 Å². The van der Waals surface area contributed by atoms with Crippen molar-refractivity contribution in [1.29, 1.82) is 0 Å². The fourth-order valence-corrected chi connectivity index (χ4v) is 1.59. The highest BCUT2D eigenvalue weighted by atomic mass is 16.5. The van der Waals surface area contributed by atoms with E-state index in [-0.39, 0.29) is 0 Å². The van der Waals surface area contributed by atoms with E-state index in [9.17, 15) is 4.79 Å². The van der Waals surface area contributed by atoms with Crippen LogP contribution in [0.4, 0.5) is 5.69 Å². The number of nitrogen functional groups attached to an aromatic ring is 1. The van der Waals surface area contributed by atoms with Gasteiger partial charge in [-0.15, -0.1) is 0 Å². The van der Waals surface area contributed by atoms with Gasteiger partial charge in [0.1, 0.15) is 5.75 Å². The van der Waals surface area contributed by atoms with E-state index in [1.165, 1.54) is 0 Å². The molecule has 0 aliphatic heterocycles. The molecule has 6 nitrogen and oxygen atoms in total. The van der Waals surface area contributed by atoms with Crippen molar-refractivity contribution in [3.05, 3.63) is 30.6 Å². The third-order valence-electron chi connectivity index (χ3n) is 2.33. The molecule has 0 radical (unpaired) electrons. The third kappa shape index (κ3) is 2.79. The zero-order valence-corrected chi connectivity index (χ0v) is 9.83. The summed E-state index contributed by atoms with van der Waals surface area (Å²) in [5.41, 5.74) is 8.00. The Kier molecular flexibility index (Phi) is 3.18. The van der Waals surface area contributed by atoms with Gasteiger partial charge < -0.3 is 15.6 Å². The van der Waals surface area contributed by atoms with Crippen molar-refractivity contribution >= 4 is 11.7 Å². The first-order valence-corrected chi connectivity index (χ1v) is 5.29. The van der Waals surface area contributed by atoms with E-state index in [1.807, 2.05) is 13.2 Å². The van der Waals surface area contributed by atoms with Crippen LogP contribution in [0, 0.1) is 0 Å². The smallest absolute Gasteiger partial charge is 0.341 e. The number of benzene rings is 1. The molecule has 0 atom stereocenters. The zero-order valence-electron chi connectivity index (χ0n) is 9.83. The molecule has 0 saturated carbocycles. The van der Waals surface area contributed by atoms with Crippen molar-refractivity contribution in [1.82, 2.24) is 9.78 Å². The molecule has 0 saturated heterocycles. The summed E-state index contributed by atoms with van der Waals surface area (Å²) in [5.74, 6) is -0.600. The maximum Gasteiger partial charge on any atom is 0.341 e. The van der Waals surface area contributed by atoms with Crippen LogP contribution in [0.15, 0.2) is 30.6 Å². The molecule has 1 aromatic heterocycles. The standard InChI is InChI=1S/C12H13N3O3/c1-15-6-9(5-14-15)8-2-10(13)4-11(3-8)18-7-12(16)17/h2-6H,7,13H2,1H3,(H,16,17). The molecule has 0 aliphatic rings. The number of anilines is 1. The largest absolute Gasteiger partial charge is 0.482 e. The van der Waals surface area contributed by atoms with E-state index >= 15 is 0 Å². The van der Waals surface area contributed by atoms with Crippen molar-refractivity contribution in [3.8, 4) is 16.9 Å². The molecular formula is C12H13N3O3. The molecule has 1 heterocycles. The summed E-state index contributed by atoms with van der Waals surface area (Å²) in [7, 11) is 1.82. The van der Waals surface area contributed by atoms with E-state index in [2.05, 4.69) is 5.10 Å². The Morgan fingerprint density at radius 2 is 2.22 bits per heavy atom. The van der Waals surface area contributed by atoms with Gasteiger partial charge in [0.15, 0.2) is 6.61 Å². The number of carboxylic acids is 1. The first-order chi connectivity index (χ1) is 8.54. The van der Waals surface area contributed by atoms with E-state index in [0.29, 0.717) is 11.4 Å². The zero-order chi connectivity index (χ0) is 13.1. The van der Waals surface area contributed by atoms with Crippen LogP contribution in [0.25, 0.3) is 11.1 Å². The van der Waals surface area contributed by atoms with Crippen LogP contribution in [0.3, 0.4) is 0 Å². The fourth-order valence-electron chi connectivity index (χ4n) is 1.59. The lowest BCUT2D eigenvalue weighted by Crippen LogP contribution is -2.09. The molecule has 0 bridgehead atoms. The fraction of sp³-hybridized carbons (Fsp3) is 0.167. The molecule has 94 valence electrons. The molecule has 3 N–H and O–H groups in total. The second-order valence-electron chi connectivity index (χ2n) is 3.88. The van der Waals surface area contributed by atoms with E-state index in [1.54, 1.807) is 29.1 Å². The number of nitrogens with zero attached hydrogens (tertiary/aromatic N) is 2. The summed E-state index contributed by atoms with van der Waals surface area (Å²) in [6, 6.07) is 5.10. The summed E-state index contributed by atoms with van der Waals surface area (Å²) in [4.78, 5) is 10.4. The number of aromatic nitrogens is 2. The van der Waals surface area contributed by atoms with E-state index in [4.69, 9.17) is 15.6 Å². The van der Waals surface area contributed by atoms with Gasteiger partial charge in [0.25, 0.3) is 0 Å². The highest BCUT2D eigenvalue weighted by molar-refractivity contribution is 5.70. The monoisotopic (exact) mass is 247 g/mol. The molecule has 0 spiro atoms. The topological polar surface area (TPSA) is 90.4 Å². The Balaban J connectivity index is 2.29. The Morgan fingerprint density at radius 3 is 2.83 bits per heavy atom. The Morgan fingerprint density at radius 1 is 1.44 bits per heavy atom. The quantitative estimate of drug-likeness (QED) is 0.790. The van der Waals surface area contributed by atoms with E-state index < -0.39 is 12.6 Å². The Bertz CT molecular complexity index is 578. The average molecular weight is 247 g/mol. The van der Waals surface area contributed by atoms with Gasteiger partial charge in [0.05, 0.1) is 6.20 Å². The Hall–Kier alpha value is -2.50. The van der Waals surface area contributed by atoms with Crippen LogP contribution in [0.2, 0.25) is 0 Å². The van der Waals surface area contributed by atoms with Crippen molar-refractivity contribution in [2.24, 2.45) is 7.05 Å². The predicted molar refractivity (Wildman–Crippen MR) is 66.2 cm³/mol. The Labute approximate surface area is 104 Å². The minimum atomic E-state index is -1.03. The van der Waals surface area contributed by atoms with Gasteiger partial charge in [0.2, 0.25) is 0 Å². The van der Waals surface area contributed by atoms with Crippen LogP contribution >= 0.6 is 0 Å². The van der Waals surface area contributed by atoms with Crippen LogP contribution in [-0.4, -0.2) is 27.5 Å².